The molecule has 0 spiro atoms. The van der Waals surface area contributed by atoms with E-state index in [4.69, 9.17) is 0 Å². The van der Waals surface area contributed by atoms with E-state index in [2.05, 4.69) is 6.92 Å². The molecule has 2 aromatic heterocycles. The van der Waals surface area contributed by atoms with Gasteiger partial charge in [0.2, 0.25) is 0 Å². The summed E-state index contributed by atoms with van der Waals surface area (Å²) in [4.78, 5) is 0.912. The van der Waals surface area contributed by atoms with E-state index in [1.54, 1.807) is 22.7 Å². The summed E-state index contributed by atoms with van der Waals surface area (Å²) >= 11 is 3.16. The summed E-state index contributed by atoms with van der Waals surface area (Å²) in [5, 5.41) is 4.72. The van der Waals surface area contributed by atoms with Gasteiger partial charge in [0.25, 0.3) is 0 Å². The van der Waals surface area contributed by atoms with Gasteiger partial charge in [-0.1, -0.05) is 13.3 Å². The van der Waals surface area contributed by atoms with Crippen LogP contribution in [0.15, 0.2) is 10.8 Å². The Labute approximate surface area is 78.7 Å². The second kappa shape index (κ2) is 3.15. The molecule has 3 heteroatoms. The number of fused-ring (bicyclic) bond motifs is 1. The van der Waals surface area contributed by atoms with Crippen LogP contribution >= 0.6 is 22.7 Å². The van der Waals surface area contributed by atoms with E-state index in [1.165, 1.54) is 0 Å². The zero-order chi connectivity index (χ0) is 8.55. The number of aryl methyl sites for hydroxylation is 1. The lowest BCUT2D eigenvalue weighted by molar-refractivity contribution is 0.627. The third kappa shape index (κ3) is 1.17. The Hall–Kier alpha value is -0.410. The molecule has 2 aromatic rings. The normalized spacial score (nSPS) is 11.2. The largest absolute Gasteiger partial charge is 0.205 e. The summed E-state index contributed by atoms with van der Waals surface area (Å²) in [6.45, 7) is 2.08. The molecule has 0 unspecified atom stereocenters. The molecule has 0 saturated carbocycles. The van der Waals surface area contributed by atoms with E-state index in [-0.39, 0.29) is 5.82 Å². The van der Waals surface area contributed by atoms with E-state index in [0.717, 1.165) is 27.8 Å². The van der Waals surface area contributed by atoms with Gasteiger partial charge >= 0.3 is 0 Å². The Morgan fingerprint density at radius 3 is 2.92 bits per heavy atom. The molecule has 2 heterocycles. The molecule has 0 aliphatic heterocycles. The summed E-state index contributed by atoms with van der Waals surface area (Å²) in [6.07, 6.45) is 1.89. The summed E-state index contributed by atoms with van der Waals surface area (Å²) in [5.74, 6) is 0.0121. The smallest absolute Gasteiger partial charge is 0.145 e. The van der Waals surface area contributed by atoms with Crippen LogP contribution in [0, 0.1) is 5.82 Å². The predicted octanol–water partition coefficient (Wildman–Crippen LogP) is 4.05. The van der Waals surface area contributed by atoms with Gasteiger partial charge in [0, 0.05) is 25.7 Å². The van der Waals surface area contributed by atoms with Gasteiger partial charge in [-0.25, -0.2) is 4.39 Å². The van der Waals surface area contributed by atoms with Crippen LogP contribution in [0.25, 0.3) is 10.1 Å². The monoisotopic (exact) mass is 200 g/mol. The fraction of sp³-hybridized carbons (Fsp3) is 0.333. The van der Waals surface area contributed by atoms with Crippen LogP contribution in [0.1, 0.15) is 18.2 Å². The standard InChI is InChI=1S/C9H9FS2/c1-2-3-7-9(10)6-4-11-5-8(6)12-7/h4-5H,2-3H2,1H3. The molecule has 0 fully saturated rings. The van der Waals surface area contributed by atoms with Gasteiger partial charge in [-0.05, 0) is 6.42 Å². The molecule has 0 aromatic carbocycles. The lowest BCUT2D eigenvalue weighted by Crippen LogP contribution is -1.80. The van der Waals surface area contributed by atoms with Crippen molar-refractivity contribution in [1.82, 2.24) is 0 Å². The Morgan fingerprint density at radius 1 is 1.42 bits per heavy atom. The van der Waals surface area contributed by atoms with E-state index in [9.17, 15) is 4.39 Å². The van der Waals surface area contributed by atoms with Crippen LogP contribution in [0.5, 0.6) is 0 Å². The molecule has 0 saturated heterocycles. The summed E-state index contributed by atoms with van der Waals surface area (Å²) in [5.41, 5.74) is 0. The fourth-order valence-electron chi connectivity index (χ4n) is 1.24. The molecule has 64 valence electrons. The predicted molar refractivity (Wildman–Crippen MR) is 53.7 cm³/mol. The minimum Gasteiger partial charge on any atom is -0.205 e. The van der Waals surface area contributed by atoms with E-state index >= 15 is 0 Å². The van der Waals surface area contributed by atoms with Crippen molar-refractivity contribution in [1.29, 1.82) is 0 Å². The number of hydrogen-bond acceptors (Lipinski definition) is 2. The second-order valence-electron chi connectivity index (χ2n) is 2.74. The highest BCUT2D eigenvalue weighted by molar-refractivity contribution is 7.22. The lowest BCUT2D eigenvalue weighted by Gasteiger charge is -1.90. The summed E-state index contributed by atoms with van der Waals surface area (Å²) in [6, 6.07) is 0. The number of rotatable bonds is 2. The van der Waals surface area contributed by atoms with Crippen molar-refractivity contribution >= 4 is 32.8 Å². The summed E-state index contributed by atoms with van der Waals surface area (Å²) < 4.78 is 14.6. The highest BCUT2D eigenvalue weighted by Crippen LogP contribution is 2.33. The average Bonchev–Trinajstić information content (AvgIpc) is 2.58. The third-order valence-electron chi connectivity index (χ3n) is 1.82. The van der Waals surface area contributed by atoms with Gasteiger partial charge in [-0.3, -0.25) is 0 Å². The molecule has 0 atom stereocenters. The van der Waals surface area contributed by atoms with Gasteiger partial charge < -0.3 is 0 Å². The fourth-order valence-corrected chi connectivity index (χ4v) is 3.39. The molecule has 0 amide bonds. The minimum absolute atomic E-state index is 0.0121. The van der Waals surface area contributed by atoms with Crippen LogP contribution in [0.3, 0.4) is 0 Å². The topological polar surface area (TPSA) is 0 Å². The van der Waals surface area contributed by atoms with Gasteiger partial charge in [0.15, 0.2) is 0 Å². The van der Waals surface area contributed by atoms with Crippen LogP contribution in [0.2, 0.25) is 0 Å². The molecule has 0 aliphatic rings. The quantitative estimate of drug-likeness (QED) is 0.686. The number of hydrogen-bond donors (Lipinski definition) is 0. The molecule has 0 bridgehead atoms. The van der Waals surface area contributed by atoms with Gasteiger partial charge in [-0.2, -0.15) is 11.3 Å². The maximum atomic E-state index is 13.5. The van der Waals surface area contributed by atoms with Crippen molar-refractivity contribution in [3.63, 3.8) is 0 Å². The van der Waals surface area contributed by atoms with Crippen LogP contribution in [-0.2, 0) is 6.42 Å². The van der Waals surface area contributed by atoms with Crippen LogP contribution in [-0.4, -0.2) is 0 Å². The van der Waals surface area contributed by atoms with Crippen molar-refractivity contribution in [3.8, 4) is 0 Å². The molecule has 0 nitrogen and oxygen atoms in total. The van der Waals surface area contributed by atoms with Crippen LogP contribution < -0.4 is 0 Å². The Morgan fingerprint density at radius 2 is 2.25 bits per heavy atom. The Kier molecular flexibility index (Phi) is 2.15. The SMILES string of the molecule is CCCc1sc2cscc2c1F. The maximum absolute atomic E-state index is 13.5. The van der Waals surface area contributed by atoms with E-state index in [1.807, 2.05) is 10.8 Å². The first-order valence-electron chi connectivity index (χ1n) is 3.96. The lowest BCUT2D eigenvalue weighted by atomic mass is 10.2. The first-order valence-corrected chi connectivity index (χ1v) is 5.72. The highest BCUT2D eigenvalue weighted by atomic mass is 32.1. The summed E-state index contributed by atoms with van der Waals surface area (Å²) in [7, 11) is 0. The Balaban J connectivity index is 2.55. The molecule has 0 N–H and O–H groups in total. The average molecular weight is 200 g/mol. The highest BCUT2D eigenvalue weighted by Gasteiger charge is 2.10. The third-order valence-corrected chi connectivity index (χ3v) is 3.90. The molecule has 2 rings (SSSR count). The van der Waals surface area contributed by atoms with Crippen molar-refractivity contribution in [2.75, 3.05) is 0 Å². The molecular formula is C9H9FS2. The Bertz CT molecular complexity index is 386. The number of thiophene rings is 2. The van der Waals surface area contributed by atoms with Gasteiger partial charge in [0.05, 0.1) is 0 Å². The zero-order valence-electron chi connectivity index (χ0n) is 6.76. The first kappa shape index (κ1) is 8.20. The van der Waals surface area contributed by atoms with Crippen LogP contribution in [0.4, 0.5) is 4.39 Å². The van der Waals surface area contributed by atoms with Crippen molar-refractivity contribution < 1.29 is 4.39 Å². The van der Waals surface area contributed by atoms with Crippen molar-refractivity contribution in [2.24, 2.45) is 0 Å². The second-order valence-corrected chi connectivity index (χ2v) is 4.62. The maximum Gasteiger partial charge on any atom is 0.145 e. The molecule has 0 aliphatic carbocycles. The van der Waals surface area contributed by atoms with E-state index < -0.39 is 0 Å². The number of halogens is 1. The van der Waals surface area contributed by atoms with Crippen molar-refractivity contribution in [2.45, 2.75) is 19.8 Å². The van der Waals surface area contributed by atoms with Gasteiger partial charge in [0.1, 0.15) is 5.82 Å². The van der Waals surface area contributed by atoms with Gasteiger partial charge in [-0.15, -0.1) is 11.3 Å². The molecule has 12 heavy (non-hydrogen) atoms. The van der Waals surface area contributed by atoms with E-state index in [0.29, 0.717) is 0 Å². The van der Waals surface area contributed by atoms with Crippen molar-refractivity contribution in [3.05, 3.63) is 21.5 Å². The zero-order valence-corrected chi connectivity index (χ0v) is 8.40. The minimum atomic E-state index is 0.0121. The first-order chi connectivity index (χ1) is 5.83. The molecular weight excluding hydrogens is 191 g/mol. The molecule has 0 radical (unpaired) electrons.